The largest absolute Gasteiger partial charge is 0.490 e. The molecule has 29 heavy (non-hydrogen) atoms. The summed E-state index contributed by atoms with van der Waals surface area (Å²) in [6.45, 7) is 3.01. The molecule has 1 aliphatic rings. The number of aliphatic imine (C=N–C) groups is 1. The highest BCUT2D eigenvalue weighted by Gasteiger charge is 2.22. The molecule has 1 saturated carbocycles. The zero-order valence-electron chi connectivity index (χ0n) is 16.6. The first kappa shape index (κ1) is 19.2. The standard InChI is InChI=1S/C21H25FN6O/c1-14(16-8-9-18(17(22)11-16)29-13-15-6-7-15)25-21(23-2)24-12-20-27-26-19-5-3-4-10-28(19)20/h3-5,8-11,14-15H,6-7,12-13H2,1-2H3,(H2,23,24,25). The maximum absolute atomic E-state index is 14.4. The van der Waals surface area contributed by atoms with Gasteiger partial charge in [0.05, 0.1) is 19.2 Å². The molecule has 1 aliphatic carbocycles. The van der Waals surface area contributed by atoms with Gasteiger partial charge < -0.3 is 15.4 Å². The van der Waals surface area contributed by atoms with Crippen molar-refractivity contribution < 1.29 is 9.13 Å². The SMILES string of the molecule is CN=C(NCc1nnc2ccccn12)NC(C)c1ccc(OCC2CC2)c(F)c1. The maximum Gasteiger partial charge on any atom is 0.191 e. The van der Waals surface area contributed by atoms with Crippen LogP contribution in [0.3, 0.4) is 0 Å². The second-order valence-electron chi connectivity index (χ2n) is 7.28. The normalized spacial score (nSPS) is 15.3. The van der Waals surface area contributed by atoms with E-state index in [-0.39, 0.29) is 11.9 Å². The highest BCUT2D eigenvalue weighted by atomic mass is 19.1. The third-order valence-electron chi connectivity index (χ3n) is 5.00. The Balaban J connectivity index is 1.35. The Morgan fingerprint density at radius 3 is 2.93 bits per heavy atom. The first-order valence-corrected chi connectivity index (χ1v) is 9.82. The Bertz CT molecular complexity index is 1010. The Kier molecular flexibility index (Phi) is 5.59. The van der Waals surface area contributed by atoms with Gasteiger partial charge in [-0.1, -0.05) is 12.1 Å². The van der Waals surface area contributed by atoms with Crippen LogP contribution in [0.1, 0.15) is 37.2 Å². The number of fused-ring (bicyclic) bond motifs is 1. The van der Waals surface area contributed by atoms with Gasteiger partial charge in [0, 0.05) is 13.2 Å². The van der Waals surface area contributed by atoms with Gasteiger partial charge in [0.1, 0.15) is 0 Å². The van der Waals surface area contributed by atoms with Crippen LogP contribution in [0.15, 0.2) is 47.6 Å². The van der Waals surface area contributed by atoms with Crippen LogP contribution in [0.4, 0.5) is 4.39 Å². The van der Waals surface area contributed by atoms with Gasteiger partial charge in [0.25, 0.3) is 0 Å². The van der Waals surface area contributed by atoms with E-state index in [0.717, 1.165) is 17.0 Å². The number of aromatic nitrogens is 3. The maximum atomic E-state index is 14.4. The summed E-state index contributed by atoms with van der Waals surface area (Å²) in [6.07, 6.45) is 4.27. The highest BCUT2D eigenvalue weighted by Crippen LogP contribution is 2.30. The molecular weight excluding hydrogens is 371 g/mol. The lowest BCUT2D eigenvalue weighted by Crippen LogP contribution is -2.38. The van der Waals surface area contributed by atoms with Gasteiger partial charge in [-0.3, -0.25) is 9.39 Å². The van der Waals surface area contributed by atoms with E-state index in [9.17, 15) is 4.39 Å². The summed E-state index contributed by atoms with van der Waals surface area (Å²) in [4.78, 5) is 4.25. The Morgan fingerprint density at radius 1 is 1.31 bits per heavy atom. The van der Waals surface area contributed by atoms with E-state index in [2.05, 4.69) is 25.8 Å². The molecule has 0 amide bonds. The molecule has 1 fully saturated rings. The number of nitrogens with zero attached hydrogens (tertiary/aromatic N) is 4. The zero-order valence-corrected chi connectivity index (χ0v) is 16.6. The van der Waals surface area contributed by atoms with Crippen LogP contribution >= 0.6 is 0 Å². The van der Waals surface area contributed by atoms with Crippen molar-refractivity contribution in [2.24, 2.45) is 10.9 Å². The molecule has 0 saturated heterocycles. The minimum atomic E-state index is -0.338. The van der Waals surface area contributed by atoms with Crippen LogP contribution in [-0.2, 0) is 6.54 Å². The van der Waals surface area contributed by atoms with Gasteiger partial charge in [-0.2, -0.15) is 0 Å². The van der Waals surface area contributed by atoms with E-state index in [0.29, 0.717) is 30.8 Å². The summed E-state index contributed by atoms with van der Waals surface area (Å²) >= 11 is 0. The van der Waals surface area contributed by atoms with E-state index in [1.807, 2.05) is 41.8 Å². The third kappa shape index (κ3) is 4.64. The molecule has 4 rings (SSSR count). The molecule has 7 nitrogen and oxygen atoms in total. The van der Waals surface area contributed by atoms with E-state index in [1.54, 1.807) is 13.1 Å². The quantitative estimate of drug-likeness (QED) is 0.474. The smallest absolute Gasteiger partial charge is 0.191 e. The predicted molar refractivity (Wildman–Crippen MR) is 109 cm³/mol. The Morgan fingerprint density at radius 2 is 2.17 bits per heavy atom. The number of benzene rings is 1. The molecule has 8 heteroatoms. The van der Waals surface area contributed by atoms with Gasteiger partial charge in [-0.05, 0) is 55.5 Å². The average molecular weight is 396 g/mol. The zero-order chi connectivity index (χ0) is 20.2. The molecule has 0 bridgehead atoms. The van der Waals surface area contributed by atoms with Gasteiger partial charge in [0.2, 0.25) is 0 Å². The third-order valence-corrected chi connectivity index (χ3v) is 5.00. The Labute approximate surface area is 169 Å². The topological polar surface area (TPSA) is 75.8 Å². The van der Waals surface area contributed by atoms with E-state index < -0.39 is 0 Å². The summed E-state index contributed by atoms with van der Waals surface area (Å²) in [5, 5.41) is 14.8. The van der Waals surface area contributed by atoms with E-state index >= 15 is 0 Å². The fourth-order valence-corrected chi connectivity index (χ4v) is 3.05. The number of ether oxygens (including phenoxy) is 1. The van der Waals surface area contributed by atoms with Crippen LogP contribution in [-0.4, -0.2) is 34.2 Å². The molecule has 0 aliphatic heterocycles. The molecule has 2 N–H and O–H groups in total. The lowest BCUT2D eigenvalue weighted by atomic mass is 10.1. The van der Waals surface area contributed by atoms with Crippen molar-refractivity contribution in [1.82, 2.24) is 25.2 Å². The molecule has 0 spiro atoms. The number of rotatable bonds is 7. The number of hydrogen-bond acceptors (Lipinski definition) is 4. The lowest BCUT2D eigenvalue weighted by molar-refractivity contribution is 0.285. The minimum Gasteiger partial charge on any atom is -0.490 e. The Hall–Kier alpha value is -3.16. The van der Waals surface area contributed by atoms with Crippen molar-refractivity contribution in [2.45, 2.75) is 32.4 Å². The summed E-state index contributed by atoms with van der Waals surface area (Å²) in [5.41, 5.74) is 1.61. The molecule has 2 heterocycles. The molecule has 152 valence electrons. The molecule has 0 radical (unpaired) electrons. The summed E-state index contributed by atoms with van der Waals surface area (Å²) in [7, 11) is 1.69. The molecule has 2 aromatic heterocycles. The predicted octanol–water partition coefficient (Wildman–Crippen LogP) is 3.08. The first-order valence-electron chi connectivity index (χ1n) is 9.82. The fraction of sp³-hybridized carbons (Fsp3) is 0.381. The molecule has 3 aromatic rings. The van der Waals surface area contributed by atoms with Crippen LogP contribution in [0.5, 0.6) is 5.75 Å². The van der Waals surface area contributed by atoms with Gasteiger partial charge in [-0.25, -0.2) is 4.39 Å². The highest BCUT2D eigenvalue weighted by molar-refractivity contribution is 5.80. The first-order chi connectivity index (χ1) is 14.1. The molecular formula is C21H25FN6O. The van der Waals surface area contributed by atoms with Crippen molar-refractivity contribution in [1.29, 1.82) is 0 Å². The number of hydrogen-bond donors (Lipinski definition) is 2. The van der Waals surface area contributed by atoms with Gasteiger partial charge in [-0.15, -0.1) is 10.2 Å². The van der Waals surface area contributed by atoms with E-state index in [1.165, 1.54) is 18.9 Å². The number of guanidine groups is 1. The average Bonchev–Trinajstić information content (AvgIpc) is 3.48. The summed E-state index contributed by atoms with van der Waals surface area (Å²) in [5.74, 6) is 1.94. The second kappa shape index (κ2) is 8.46. The molecule has 1 aromatic carbocycles. The van der Waals surface area contributed by atoms with Crippen molar-refractivity contribution in [3.63, 3.8) is 0 Å². The molecule has 1 atom stereocenters. The lowest BCUT2D eigenvalue weighted by Gasteiger charge is -2.18. The minimum absolute atomic E-state index is 0.136. The number of halogens is 1. The fourth-order valence-electron chi connectivity index (χ4n) is 3.05. The number of pyridine rings is 1. The number of nitrogens with one attached hydrogen (secondary N) is 2. The summed E-state index contributed by atoms with van der Waals surface area (Å²) in [6, 6.07) is 10.7. The van der Waals surface area contributed by atoms with Crippen LogP contribution in [0, 0.1) is 11.7 Å². The van der Waals surface area contributed by atoms with Gasteiger partial charge >= 0.3 is 0 Å². The van der Waals surface area contributed by atoms with Crippen molar-refractivity contribution in [2.75, 3.05) is 13.7 Å². The van der Waals surface area contributed by atoms with E-state index in [4.69, 9.17) is 4.74 Å². The van der Waals surface area contributed by atoms with Gasteiger partial charge in [0.15, 0.2) is 29.0 Å². The van der Waals surface area contributed by atoms with Crippen LogP contribution in [0.2, 0.25) is 0 Å². The van der Waals surface area contributed by atoms with Crippen LogP contribution in [0.25, 0.3) is 5.65 Å². The van der Waals surface area contributed by atoms with Crippen LogP contribution < -0.4 is 15.4 Å². The monoisotopic (exact) mass is 396 g/mol. The molecule has 1 unspecified atom stereocenters. The summed E-state index contributed by atoms with van der Waals surface area (Å²) < 4.78 is 21.8. The second-order valence-corrected chi connectivity index (χ2v) is 7.28. The van der Waals surface area contributed by atoms with Crippen molar-refractivity contribution in [3.8, 4) is 5.75 Å². The van der Waals surface area contributed by atoms with Crippen molar-refractivity contribution >= 4 is 11.6 Å². The van der Waals surface area contributed by atoms with Crippen molar-refractivity contribution in [3.05, 3.63) is 59.8 Å².